The Morgan fingerprint density at radius 2 is 2.07 bits per heavy atom. The van der Waals surface area contributed by atoms with Crippen LogP contribution in [-0.4, -0.2) is 13.0 Å². The Kier molecular flexibility index (Phi) is 4.09. The van der Waals surface area contributed by atoms with Gasteiger partial charge in [0.1, 0.15) is 0 Å². The number of benzene rings is 1. The van der Waals surface area contributed by atoms with Gasteiger partial charge in [0.15, 0.2) is 0 Å². The summed E-state index contributed by atoms with van der Waals surface area (Å²) in [5, 5.41) is 0. The molecule has 1 rings (SSSR count). The highest BCUT2D eigenvalue weighted by molar-refractivity contribution is 9.10. The van der Waals surface area contributed by atoms with Crippen molar-refractivity contribution in [3.63, 3.8) is 0 Å². The van der Waals surface area contributed by atoms with Crippen molar-refractivity contribution >= 4 is 27.5 Å². The lowest BCUT2D eigenvalue weighted by Crippen LogP contribution is -2.24. The summed E-state index contributed by atoms with van der Waals surface area (Å²) in [4.78, 5) is 13.3. The third-order valence-corrected chi connectivity index (χ3v) is 2.43. The van der Waals surface area contributed by atoms with Crippen molar-refractivity contribution < 1.29 is 4.79 Å². The molecule has 0 saturated heterocycles. The number of allylic oxidation sites excluding steroid dienone is 1. The van der Waals surface area contributed by atoms with Gasteiger partial charge in [-0.1, -0.05) is 27.6 Å². The molecule has 1 aromatic carbocycles. The van der Waals surface area contributed by atoms with Crippen LogP contribution in [0.4, 0.5) is 5.69 Å². The van der Waals surface area contributed by atoms with E-state index < -0.39 is 0 Å². The van der Waals surface area contributed by atoms with Gasteiger partial charge in [0.05, 0.1) is 0 Å². The molecule has 0 spiro atoms. The van der Waals surface area contributed by atoms with Gasteiger partial charge >= 0.3 is 0 Å². The SMILES string of the molecule is CC(C)=CC(=O)N(C)c1cccc(Br)c1. The van der Waals surface area contributed by atoms with E-state index in [4.69, 9.17) is 0 Å². The number of likely N-dealkylation sites (N-methyl/N-ethyl adjacent to an activating group) is 1. The number of carbonyl (C=O) groups is 1. The van der Waals surface area contributed by atoms with E-state index in [1.807, 2.05) is 38.1 Å². The first-order chi connectivity index (χ1) is 7.00. The van der Waals surface area contributed by atoms with E-state index in [9.17, 15) is 4.79 Å². The fourth-order valence-electron chi connectivity index (χ4n) is 1.16. The van der Waals surface area contributed by atoms with Crippen LogP contribution in [0.3, 0.4) is 0 Å². The fraction of sp³-hybridized carbons (Fsp3) is 0.250. The summed E-state index contributed by atoms with van der Waals surface area (Å²) in [5.41, 5.74) is 1.88. The second-order valence-corrected chi connectivity index (χ2v) is 4.51. The summed E-state index contributed by atoms with van der Waals surface area (Å²) < 4.78 is 0.969. The topological polar surface area (TPSA) is 20.3 Å². The second kappa shape index (κ2) is 5.12. The number of halogens is 1. The fourth-order valence-corrected chi connectivity index (χ4v) is 1.54. The Balaban J connectivity index is 2.90. The summed E-state index contributed by atoms with van der Waals surface area (Å²) in [6, 6.07) is 7.66. The third kappa shape index (κ3) is 3.51. The number of amides is 1. The molecule has 1 aromatic rings. The van der Waals surface area contributed by atoms with Gasteiger partial charge in [-0.15, -0.1) is 0 Å². The molecule has 0 fully saturated rings. The van der Waals surface area contributed by atoms with Crippen molar-refractivity contribution in [3.05, 3.63) is 40.4 Å². The third-order valence-electron chi connectivity index (χ3n) is 1.94. The average molecular weight is 268 g/mol. The minimum absolute atomic E-state index is 0.00639. The molecule has 0 saturated carbocycles. The normalized spacial score (nSPS) is 9.60. The highest BCUT2D eigenvalue weighted by Crippen LogP contribution is 2.19. The molecule has 15 heavy (non-hydrogen) atoms. The molecular formula is C12H14BrNO. The molecule has 1 amide bonds. The molecule has 0 unspecified atom stereocenters. The second-order valence-electron chi connectivity index (χ2n) is 3.60. The maximum atomic E-state index is 11.7. The highest BCUT2D eigenvalue weighted by Gasteiger charge is 2.07. The van der Waals surface area contributed by atoms with E-state index >= 15 is 0 Å². The minimum Gasteiger partial charge on any atom is -0.312 e. The Hall–Kier alpha value is -1.09. The van der Waals surface area contributed by atoms with Gasteiger partial charge in [-0.2, -0.15) is 0 Å². The van der Waals surface area contributed by atoms with Crippen LogP contribution >= 0.6 is 15.9 Å². The molecule has 0 radical (unpaired) electrons. The molecular weight excluding hydrogens is 254 g/mol. The van der Waals surface area contributed by atoms with Gasteiger partial charge in [0.2, 0.25) is 0 Å². The van der Waals surface area contributed by atoms with Crippen molar-refractivity contribution in [2.75, 3.05) is 11.9 Å². The predicted molar refractivity (Wildman–Crippen MR) is 67.0 cm³/mol. The predicted octanol–water partition coefficient (Wildman–Crippen LogP) is 3.38. The minimum atomic E-state index is -0.00639. The van der Waals surface area contributed by atoms with Crippen LogP contribution in [0.25, 0.3) is 0 Å². The lowest BCUT2D eigenvalue weighted by Gasteiger charge is -2.15. The van der Waals surface area contributed by atoms with Gasteiger partial charge in [0.25, 0.3) is 5.91 Å². The zero-order valence-electron chi connectivity index (χ0n) is 9.12. The lowest BCUT2D eigenvalue weighted by atomic mass is 10.2. The van der Waals surface area contributed by atoms with Crippen LogP contribution in [0, 0.1) is 0 Å². The Morgan fingerprint density at radius 3 is 2.60 bits per heavy atom. The first-order valence-corrected chi connectivity index (χ1v) is 5.48. The summed E-state index contributed by atoms with van der Waals surface area (Å²) in [5.74, 6) is -0.00639. The van der Waals surface area contributed by atoms with Crippen molar-refractivity contribution in [1.82, 2.24) is 0 Å². The molecule has 3 heteroatoms. The van der Waals surface area contributed by atoms with Gasteiger partial charge < -0.3 is 4.90 Å². The quantitative estimate of drug-likeness (QED) is 0.753. The molecule has 0 heterocycles. The number of rotatable bonds is 2. The van der Waals surface area contributed by atoms with E-state index in [2.05, 4.69) is 15.9 Å². The van der Waals surface area contributed by atoms with E-state index in [-0.39, 0.29) is 5.91 Å². The number of hydrogen-bond acceptors (Lipinski definition) is 1. The average Bonchev–Trinajstić information content (AvgIpc) is 2.15. The van der Waals surface area contributed by atoms with Crippen LogP contribution in [0.15, 0.2) is 40.4 Å². The maximum absolute atomic E-state index is 11.7. The van der Waals surface area contributed by atoms with Crippen LogP contribution in [0.1, 0.15) is 13.8 Å². The van der Waals surface area contributed by atoms with Crippen LogP contribution in [0.2, 0.25) is 0 Å². The molecule has 80 valence electrons. The Morgan fingerprint density at radius 1 is 1.40 bits per heavy atom. The number of nitrogens with zero attached hydrogens (tertiary/aromatic N) is 1. The summed E-state index contributed by atoms with van der Waals surface area (Å²) in [6.07, 6.45) is 1.63. The number of hydrogen-bond donors (Lipinski definition) is 0. The van der Waals surface area contributed by atoms with Gasteiger partial charge in [-0.05, 0) is 32.0 Å². The van der Waals surface area contributed by atoms with Gasteiger partial charge in [0, 0.05) is 23.3 Å². The van der Waals surface area contributed by atoms with Crippen LogP contribution < -0.4 is 4.90 Å². The first-order valence-electron chi connectivity index (χ1n) is 4.69. The molecule has 0 aliphatic carbocycles. The zero-order valence-corrected chi connectivity index (χ0v) is 10.7. The summed E-state index contributed by atoms with van der Waals surface area (Å²) >= 11 is 3.38. The summed E-state index contributed by atoms with van der Waals surface area (Å²) in [7, 11) is 1.77. The Labute approximate surface area is 98.7 Å². The van der Waals surface area contributed by atoms with Gasteiger partial charge in [-0.3, -0.25) is 4.79 Å². The lowest BCUT2D eigenvalue weighted by molar-refractivity contribution is -0.113. The molecule has 0 aromatic heterocycles. The van der Waals surface area contributed by atoms with E-state index in [0.29, 0.717) is 0 Å². The van der Waals surface area contributed by atoms with Crippen molar-refractivity contribution in [2.45, 2.75) is 13.8 Å². The zero-order chi connectivity index (χ0) is 11.4. The van der Waals surface area contributed by atoms with E-state index in [1.165, 1.54) is 0 Å². The van der Waals surface area contributed by atoms with Crippen molar-refractivity contribution in [1.29, 1.82) is 0 Å². The highest BCUT2D eigenvalue weighted by atomic mass is 79.9. The monoisotopic (exact) mass is 267 g/mol. The largest absolute Gasteiger partial charge is 0.312 e. The van der Waals surface area contributed by atoms with Crippen LogP contribution in [-0.2, 0) is 4.79 Å². The van der Waals surface area contributed by atoms with E-state index in [1.54, 1.807) is 18.0 Å². The summed E-state index contributed by atoms with van der Waals surface area (Å²) in [6.45, 7) is 3.82. The Bertz CT molecular complexity index is 394. The van der Waals surface area contributed by atoms with Crippen molar-refractivity contribution in [2.24, 2.45) is 0 Å². The molecule has 0 atom stereocenters. The maximum Gasteiger partial charge on any atom is 0.250 e. The smallest absolute Gasteiger partial charge is 0.250 e. The number of anilines is 1. The standard InChI is InChI=1S/C12H14BrNO/c1-9(2)7-12(15)14(3)11-6-4-5-10(13)8-11/h4-8H,1-3H3. The molecule has 0 aliphatic rings. The van der Waals surface area contributed by atoms with Crippen molar-refractivity contribution in [3.8, 4) is 0 Å². The molecule has 0 bridgehead atoms. The molecule has 0 aliphatic heterocycles. The first kappa shape index (κ1) is 12.0. The van der Waals surface area contributed by atoms with Gasteiger partial charge in [-0.25, -0.2) is 0 Å². The van der Waals surface area contributed by atoms with Crippen LogP contribution in [0.5, 0.6) is 0 Å². The molecule has 0 N–H and O–H groups in total. The number of carbonyl (C=O) groups excluding carboxylic acids is 1. The van der Waals surface area contributed by atoms with E-state index in [0.717, 1.165) is 15.7 Å². The molecule has 2 nitrogen and oxygen atoms in total.